The van der Waals surface area contributed by atoms with Crippen molar-refractivity contribution in [2.45, 2.75) is 19.6 Å². The number of rotatable bonds is 3. The molecule has 0 aromatic heterocycles. The van der Waals surface area contributed by atoms with Crippen LogP contribution >= 0.6 is 11.6 Å². The Morgan fingerprint density at radius 2 is 1.92 bits per heavy atom. The highest BCUT2D eigenvalue weighted by Gasteiger charge is 2.25. The monoisotopic (exact) mass is 192 g/mol. The van der Waals surface area contributed by atoms with Crippen LogP contribution in [-0.4, -0.2) is 17.2 Å². The molecule has 68 valence electrons. The number of carbonyl (C=O) groups excluding carboxylic acids is 2. The third kappa shape index (κ3) is 4.73. The van der Waals surface area contributed by atoms with Crippen molar-refractivity contribution in [1.82, 2.24) is 0 Å². The summed E-state index contributed by atoms with van der Waals surface area (Å²) in [7, 11) is 0. The predicted molar refractivity (Wildman–Crippen MR) is 42.7 cm³/mol. The van der Waals surface area contributed by atoms with E-state index in [1.54, 1.807) is 0 Å². The van der Waals surface area contributed by atoms with E-state index in [2.05, 4.69) is 16.1 Å². The summed E-state index contributed by atoms with van der Waals surface area (Å²) < 4.78 is 9.06. The van der Waals surface area contributed by atoms with E-state index in [-0.39, 0.29) is 0 Å². The maximum Gasteiger partial charge on any atom is 0.407 e. The second kappa shape index (κ2) is 4.11. The second-order valence-corrected chi connectivity index (χ2v) is 2.67. The van der Waals surface area contributed by atoms with E-state index in [0.29, 0.717) is 0 Å². The van der Waals surface area contributed by atoms with Crippen LogP contribution in [0.2, 0.25) is 0 Å². The maximum absolute atomic E-state index is 10.6. The smallest absolute Gasteiger partial charge is 0.407 e. The van der Waals surface area contributed by atoms with Gasteiger partial charge in [-0.05, 0) is 0 Å². The summed E-state index contributed by atoms with van der Waals surface area (Å²) in [6.07, 6.45) is 0.962. The SMILES string of the molecule is C=CC(=O)OC(C)(C)OC(=O)Cl. The molecule has 0 bridgehead atoms. The lowest BCUT2D eigenvalue weighted by Gasteiger charge is -2.22. The Balaban J connectivity index is 4.11. The molecule has 0 saturated carbocycles. The van der Waals surface area contributed by atoms with Gasteiger partial charge in [0.1, 0.15) is 0 Å². The summed E-state index contributed by atoms with van der Waals surface area (Å²) in [5.74, 6) is -2.04. The van der Waals surface area contributed by atoms with Gasteiger partial charge >= 0.3 is 11.4 Å². The molecule has 0 spiro atoms. The molecule has 12 heavy (non-hydrogen) atoms. The molecule has 0 N–H and O–H groups in total. The van der Waals surface area contributed by atoms with Crippen molar-refractivity contribution in [3.05, 3.63) is 12.7 Å². The largest absolute Gasteiger partial charge is 0.420 e. The second-order valence-electron chi connectivity index (χ2n) is 2.36. The third-order valence-corrected chi connectivity index (χ3v) is 0.916. The first-order chi connectivity index (χ1) is 5.37. The summed E-state index contributed by atoms with van der Waals surface area (Å²) in [4.78, 5) is 20.9. The van der Waals surface area contributed by atoms with Crippen LogP contribution in [0.5, 0.6) is 0 Å². The quantitative estimate of drug-likeness (QED) is 0.296. The molecular weight excluding hydrogens is 184 g/mol. The maximum atomic E-state index is 10.6. The fourth-order valence-corrected chi connectivity index (χ4v) is 0.684. The number of hydrogen-bond donors (Lipinski definition) is 0. The van der Waals surface area contributed by atoms with E-state index >= 15 is 0 Å². The molecule has 0 aromatic carbocycles. The minimum Gasteiger partial charge on any atom is -0.420 e. The highest BCUT2D eigenvalue weighted by atomic mass is 35.5. The molecule has 0 aromatic rings. The van der Waals surface area contributed by atoms with Crippen LogP contribution in [0.15, 0.2) is 12.7 Å². The minimum absolute atomic E-state index is 0.682. The van der Waals surface area contributed by atoms with Gasteiger partial charge in [0, 0.05) is 31.5 Å². The molecule has 0 rings (SSSR count). The van der Waals surface area contributed by atoms with Gasteiger partial charge in [-0.15, -0.1) is 0 Å². The lowest BCUT2D eigenvalue weighted by molar-refractivity contribution is -0.186. The van der Waals surface area contributed by atoms with E-state index in [0.717, 1.165) is 6.08 Å². The van der Waals surface area contributed by atoms with Crippen molar-refractivity contribution in [2.75, 3.05) is 0 Å². The van der Waals surface area contributed by atoms with Crippen molar-refractivity contribution < 1.29 is 19.1 Å². The number of hydrogen-bond acceptors (Lipinski definition) is 4. The summed E-state index contributed by atoms with van der Waals surface area (Å²) in [6.45, 7) is 5.94. The first-order valence-electron chi connectivity index (χ1n) is 3.11. The molecule has 4 nitrogen and oxygen atoms in total. The fourth-order valence-electron chi connectivity index (χ4n) is 0.498. The molecule has 0 heterocycles. The number of esters is 1. The summed E-state index contributed by atoms with van der Waals surface area (Å²) in [5.41, 5.74) is -1.03. The first kappa shape index (κ1) is 11.0. The van der Waals surface area contributed by atoms with Gasteiger partial charge in [-0.2, -0.15) is 0 Å². The van der Waals surface area contributed by atoms with Crippen LogP contribution in [0.4, 0.5) is 4.79 Å². The van der Waals surface area contributed by atoms with Crippen LogP contribution in [0, 0.1) is 0 Å². The van der Waals surface area contributed by atoms with E-state index in [9.17, 15) is 9.59 Å². The molecular formula is C7H9ClO4. The zero-order valence-electron chi connectivity index (χ0n) is 6.80. The molecule has 0 fully saturated rings. The average Bonchev–Trinajstić information content (AvgIpc) is 1.83. The average molecular weight is 193 g/mol. The van der Waals surface area contributed by atoms with Crippen LogP contribution in [0.3, 0.4) is 0 Å². The zero-order valence-corrected chi connectivity index (χ0v) is 7.55. The van der Waals surface area contributed by atoms with Crippen molar-refractivity contribution in [3.63, 3.8) is 0 Å². The van der Waals surface area contributed by atoms with Crippen molar-refractivity contribution >= 4 is 23.0 Å². The molecule has 0 saturated heterocycles. The van der Waals surface area contributed by atoms with E-state index in [1.165, 1.54) is 13.8 Å². The van der Waals surface area contributed by atoms with E-state index in [4.69, 9.17) is 11.6 Å². The van der Waals surface area contributed by atoms with Gasteiger partial charge in [0.05, 0.1) is 0 Å². The fraction of sp³-hybridized carbons (Fsp3) is 0.429. The van der Waals surface area contributed by atoms with Crippen LogP contribution < -0.4 is 0 Å². The van der Waals surface area contributed by atoms with Crippen LogP contribution in [-0.2, 0) is 14.3 Å². The van der Waals surface area contributed by atoms with Gasteiger partial charge in [0.15, 0.2) is 0 Å². The summed E-state index contributed by atoms with van der Waals surface area (Å²) >= 11 is 4.91. The molecule has 0 aliphatic carbocycles. The topological polar surface area (TPSA) is 52.6 Å². The number of halogens is 1. The molecule has 0 atom stereocenters. The highest BCUT2D eigenvalue weighted by molar-refractivity contribution is 6.61. The van der Waals surface area contributed by atoms with Crippen molar-refractivity contribution in [3.8, 4) is 0 Å². The number of ether oxygens (including phenoxy) is 2. The van der Waals surface area contributed by atoms with Crippen LogP contribution in [0.1, 0.15) is 13.8 Å². The Labute approximate surface area is 75.1 Å². The van der Waals surface area contributed by atoms with Gasteiger partial charge in [-0.3, -0.25) is 0 Å². The molecule has 0 amide bonds. The van der Waals surface area contributed by atoms with Gasteiger partial charge in [0.25, 0.3) is 5.79 Å². The highest BCUT2D eigenvalue weighted by Crippen LogP contribution is 2.13. The Hall–Kier alpha value is -1.03. The van der Waals surface area contributed by atoms with E-state index in [1.807, 2.05) is 0 Å². The summed E-state index contributed by atoms with van der Waals surface area (Å²) in [5, 5.41) is 0. The lowest BCUT2D eigenvalue weighted by Crippen LogP contribution is -2.31. The van der Waals surface area contributed by atoms with Gasteiger partial charge in [-0.1, -0.05) is 6.58 Å². The lowest BCUT2D eigenvalue weighted by atomic mass is 10.4. The molecule has 0 radical (unpaired) electrons. The first-order valence-corrected chi connectivity index (χ1v) is 3.49. The molecule has 0 aliphatic rings. The Kier molecular flexibility index (Phi) is 3.76. The Bertz CT molecular complexity index is 209. The Morgan fingerprint density at radius 1 is 1.42 bits per heavy atom. The minimum atomic E-state index is -1.36. The van der Waals surface area contributed by atoms with Crippen molar-refractivity contribution in [1.29, 1.82) is 0 Å². The zero-order chi connectivity index (χ0) is 9.78. The predicted octanol–water partition coefficient (Wildman–Crippen LogP) is 1.83. The van der Waals surface area contributed by atoms with Crippen molar-refractivity contribution in [2.24, 2.45) is 0 Å². The van der Waals surface area contributed by atoms with E-state index < -0.39 is 17.2 Å². The normalized spacial score (nSPS) is 10.2. The standard InChI is InChI=1S/C7H9ClO4/c1-4-5(9)11-7(2,3)12-6(8)10/h4H,1H2,2-3H3. The molecule has 0 aliphatic heterocycles. The van der Waals surface area contributed by atoms with Gasteiger partial charge in [-0.25, -0.2) is 9.59 Å². The number of carbonyl (C=O) groups is 2. The third-order valence-electron chi connectivity index (χ3n) is 0.839. The van der Waals surface area contributed by atoms with Gasteiger partial charge in [0.2, 0.25) is 0 Å². The van der Waals surface area contributed by atoms with Crippen LogP contribution in [0.25, 0.3) is 0 Å². The summed E-state index contributed by atoms with van der Waals surface area (Å²) in [6, 6.07) is 0. The molecule has 0 unspecified atom stereocenters. The molecule has 5 heteroatoms. The Morgan fingerprint density at radius 3 is 2.25 bits per heavy atom. The van der Waals surface area contributed by atoms with Gasteiger partial charge < -0.3 is 9.47 Å².